The van der Waals surface area contributed by atoms with Crippen molar-refractivity contribution in [3.8, 4) is 0 Å². The minimum atomic E-state index is 0.629. The van der Waals surface area contributed by atoms with Gasteiger partial charge in [-0.15, -0.1) is 11.8 Å². The zero-order valence-corrected chi connectivity index (χ0v) is 10.0. The van der Waals surface area contributed by atoms with Gasteiger partial charge in [0.05, 0.1) is 0 Å². The summed E-state index contributed by atoms with van der Waals surface area (Å²) in [6, 6.07) is 5.75. The van der Waals surface area contributed by atoms with Gasteiger partial charge in [-0.2, -0.15) is 0 Å². The molecule has 0 aliphatic heterocycles. The van der Waals surface area contributed by atoms with Gasteiger partial charge in [0, 0.05) is 25.8 Å². The summed E-state index contributed by atoms with van der Waals surface area (Å²) in [6.45, 7) is 3.61. The normalized spacial score (nSPS) is 10.0. The Morgan fingerprint density at radius 1 is 1.62 bits per heavy atom. The monoisotopic (exact) mass is 277 g/mol. The van der Waals surface area contributed by atoms with Crippen LogP contribution in [0.25, 0.3) is 0 Å². The first-order valence-electron chi connectivity index (χ1n) is 3.60. The van der Waals surface area contributed by atoms with Gasteiger partial charge in [-0.25, -0.2) is 0 Å². The highest BCUT2D eigenvalue weighted by atomic mass is 79.9. The Labute approximate surface area is 95.5 Å². The van der Waals surface area contributed by atoms with E-state index < -0.39 is 0 Å². The molecular formula is C9H9BrClNS. The van der Waals surface area contributed by atoms with Gasteiger partial charge >= 0.3 is 0 Å². The molecule has 70 valence electrons. The summed E-state index contributed by atoms with van der Waals surface area (Å²) >= 11 is 10.6. The van der Waals surface area contributed by atoms with Crippen LogP contribution < -0.4 is 5.73 Å². The van der Waals surface area contributed by atoms with Gasteiger partial charge in [0.25, 0.3) is 0 Å². The summed E-state index contributed by atoms with van der Waals surface area (Å²) in [6.07, 6.45) is 0. The highest BCUT2D eigenvalue weighted by molar-refractivity contribution is 9.10. The predicted molar refractivity (Wildman–Crippen MR) is 64.3 cm³/mol. The van der Waals surface area contributed by atoms with Crippen molar-refractivity contribution in [2.45, 2.75) is 4.90 Å². The molecule has 0 heterocycles. The molecule has 1 aromatic carbocycles. The van der Waals surface area contributed by atoms with E-state index in [1.54, 1.807) is 11.8 Å². The average Bonchev–Trinajstić information content (AvgIpc) is 2.06. The second kappa shape index (κ2) is 4.94. The van der Waals surface area contributed by atoms with E-state index in [0.717, 1.165) is 15.1 Å². The topological polar surface area (TPSA) is 26.0 Å². The third kappa shape index (κ3) is 3.63. The average molecular weight is 279 g/mol. The molecule has 2 N–H and O–H groups in total. The minimum absolute atomic E-state index is 0.629. The third-order valence-electron chi connectivity index (χ3n) is 1.36. The Bertz CT molecular complexity index is 327. The smallest absolute Gasteiger partial charge is 0.0453 e. The fraction of sp³-hybridized carbons (Fsp3) is 0.111. The quantitative estimate of drug-likeness (QED) is 0.671. The Morgan fingerprint density at radius 3 is 2.92 bits per heavy atom. The molecule has 0 aliphatic rings. The first kappa shape index (κ1) is 11.0. The van der Waals surface area contributed by atoms with Crippen LogP contribution in [-0.2, 0) is 0 Å². The van der Waals surface area contributed by atoms with Gasteiger partial charge in [-0.05, 0) is 18.2 Å². The number of rotatable bonds is 3. The summed E-state index contributed by atoms with van der Waals surface area (Å²) in [4.78, 5) is 1.02. The van der Waals surface area contributed by atoms with E-state index in [0.29, 0.717) is 10.8 Å². The van der Waals surface area contributed by atoms with Crippen LogP contribution in [0.15, 0.2) is 39.2 Å². The number of benzene rings is 1. The van der Waals surface area contributed by atoms with E-state index in [9.17, 15) is 0 Å². The van der Waals surface area contributed by atoms with Crippen molar-refractivity contribution in [3.05, 3.63) is 34.3 Å². The molecule has 13 heavy (non-hydrogen) atoms. The first-order chi connectivity index (χ1) is 6.09. The second-order valence-electron chi connectivity index (χ2n) is 2.49. The van der Waals surface area contributed by atoms with Crippen molar-refractivity contribution in [1.29, 1.82) is 0 Å². The summed E-state index contributed by atoms with van der Waals surface area (Å²) in [5, 5.41) is 0.629. The molecular weight excluding hydrogens is 270 g/mol. The van der Waals surface area contributed by atoms with Gasteiger partial charge in [0.15, 0.2) is 0 Å². The molecule has 0 radical (unpaired) electrons. The zero-order chi connectivity index (χ0) is 9.84. The maximum absolute atomic E-state index is 5.76. The molecule has 1 rings (SSSR count). The number of anilines is 1. The molecule has 1 nitrogen and oxygen atoms in total. The number of nitrogen functional groups attached to an aromatic ring is 1. The number of thioether (sulfide) groups is 1. The third-order valence-corrected chi connectivity index (χ3v) is 3.30. The van der Waals surface area contributed by atoms with Gasteiger partial charge in [0.1, 0.15) is 0 Å². The van der Waals surface area contributed by atoms with Crippen molar-refractivity contribution in [3.63, 3.8) is 0 Å². The van der Waals surface area contributed by atoms with Crippen LogP contribution in [-0.4, -0.2) is 5.75 Å². The standard InChI is InChI=1S/C9H9BrClNS/c1-6(11)5-13-9-4-7(10)2-3-8(9)12/h2-4H,1,5,12H2. The Balaban J connectivity index is 2.75. The van der Waals surface area contributed by atoms with Crippen molar-refractivity contribution in [2.75, 3.05) is 11.5 Å². The lowest BCUT2D eigenvalue weighted by atomic mass is 10.3. The van der Waals surface area contributed by atoms with E-state index in [1.165, 1.54) is 0 Å². The van der Waals surface area contributed by atoms with E-state index in [2.05, 4.69) is 22.5 Å². The molecule has 1 aromatic rings. The van der Waals surface area contributed by atoms with Gasteiger partial charge in [-0.1, -0.05) is 34.1 Å². The van der Waals surface area contributed by atoms with E-state index in [-0.39, 0.29) is 0 Å². The molecule has 0 amide bonds. The van der Waals surface area contributed by atoms with Crippen LogP contribution in [0, 0.1) is 0 Å². The molecule has 0 atom stereocenters. The van der Waals surface area contributed by atoms with Crippen LogP contribution in [0.1, 0.15) is 0 Å². The lowest BCUT2D eigenvalue weighted by molar-refractivity contribution is 1.43. The summed E-state index contributed by atoms with van der Waals surface area (Å²) < 4.78 is 1.02. The summed E-state index contributed by atoms with van der Waals surface area (Å²) in [7, 11) is 0. The van der Waals surface area contributed by atoms with Crippen molar-refractivity contribution >= 4 is 45.0 Å². The highest BCUT2D eigenvalue weighted by Gasteiger charge is 2.00. The largest absolute Gasteiger partial charge is 0.398 e. The lowest BCUT2D eigenvalue weighted by Gasteiger charge is -2.04. The fourth-order valence-corrected chi connectivity index (χ4v) is 2.22. The zero-order valence-electron chi connectivity index (χ0n) is 6.89. The molecule has 0 fully saturated rings. The minimum Gasteiger partial charge on any atom is -0.398 e. The van der Waals surface area contributed by atoms with Crippen LogP contribution in [0.2, 0.25) is 0 Å². The number of nitrogens with two attached hydrogens (primary N) is 1. The maximum atomic E-state index is 5.76. The SMILES string of the molecule is C=C(Cl)CSc1cc(Br)ccc1N. The van der Waals surface area contributed by atoms with Gasteiger partial charge < -0.3 is 5.73 Å². The Hall–Kier alpha value is -0.120. The first-order valence-corrected chi connectivity index (χ1v) is 5.76. The van der Waals surface area contributed by atoms with Crippen molar-refractivity contribution < 1.29 is 0 Å². The molecule has 0 aliphatic carbocycles. The lowest BCUT2D eigenvalue weighted by Crippen LogP contribution is -1.88. The van der Waals surface area contributed by atoms with Crippen LogP contribution in [0.4, 0.5) is 5.69 Å². The summed E-state index contributed by atoms with van der Waals surface area (Å²) in [5.41, 5.74) is 6.53. The molecule has 0 aromatic heterocycles. The molecule has 0 spiro atoms. The van der Waals surface area contributed by atoms with Crippen LogP contribution in [0.5, 0.6) is 0 Å². The van der Waals surface area contributed by atoms with Crippen LogP contribution in [0.3, 0.4) is 0 Å². The van der Waals surface area contributed by atoms with E-state index in [4.69, 9.17) is 17.3 Å². The molecule has 4 heteroatoms. The van der Waals surface area contributed by atoms with Gasteiger partial charge in [-0.3, -0.25) is 0 Å². The second-order valence-corrected chi connectivity index (χ2v) is 4.96. The van der Waals surface area contributed by atoms with Crippen molar-refractivity contribution in [1.82, 2.24) is 0 Å². The molecule has 0 unspecified atom stereocenters. The fourth-order valence-electron chi connectivity index (χ4n) is 0.789. The Morgan fingerprint density at radius 2 is 2.31 bits per heavy atom. The number of halogens is 2. The number of hydrogen-bond donors (Lipinski definition) is 1. The molecule has 0 saturated heterocycles. The molecule has 0 saturated carbocycles. The van der Waals surface area contributed by atoms with Gasteiger partial charge in [0.2, 0.25) is 0 Å². The van der Waals surface area contributed by atoms with E-state index in [1.807, 2.05) is 18.2 Å². The predicted octanol–water partition coefficient (Wildman–Crippen LogP) is 3.88. The Kier molecular flexibility index (Phi) is 4.16. The van der Waals surface area contributed by atoms with E-state index >= 15 is 0 Å². The highest BCUT2D eigenvalue weighted by Crippen LogP contribution is 2.29. The number of hydrogen-bond acceptors (Lipinski definition) is 2. The van der Waals surface area contributed by atoms with Crippen LogP contribution >= 0.6 is 39.3 Å². The summed E-state index contributed by atoms with van der Waals surface area (Å²) in [5.74, 6) is 0.683. The molecule has 0 bridgehead atoms. The van der Waals surface area contributed by atoms with Crippen molar-refractivity contribution in [2.24, 2.45) is 0 Å². The maximum Gasteiger partial charge on any atom is 0.0453 e.